The maximum Gasteiger partial charge on any atom is 0.238 e. The van der Waals surface area contributed by atoms with E-state index in [1.807, 2.05) is 0 Å². The van der Waals surface area contributed by atoms with Crippen LogP contribution in [0.2, 0.25) is 0 Å². The lowest BCUT2D eigenvalue weighted by Crippen LogP contribution is -2.33. The molecule has 0 saturated carbocycles. The third kappa shape index (κ3) is 3.70. The van der Waals surface area contributed by atoms with Crippen LogP contribution in [0.3, 0.4) is 0 Å². The molecule has 0 unspecified atom stereocenters. The lowest BCUT2D eigenvalue weighted by atomic mass is 9.98. The number of carbonyl (C=O) groups excluding carboxylic acids is 1. The van der Waals surface area contributed by atoms with Crippen LogP contribution in [0.5, 0.6) is 0 Å². The molecule has 128 valence electrons. The second-order valence-electron chi connectivity index (χ2n) is 6.89. The minimum atomic E-state index is 0.0923. The minimum absolute atomic E-state index is 0.0923. The summed E-state index contributed by atoms with van der Waals surface area (Å²) in [4.78, 5) is 16.3. The molecule has 2 aromatic rings. The van der Waals surface area contributed by atoms with Crippen molar-refractivity contribution in [2.24, 2.45) is 0 Å². The summed E-state index contributed by atoms with van der Waals surface area (Å²) in [6.07, 6.45) is 2.31. The Kier molecular flexibility index (Phi) is 5.36. The first-order valence-electron chi connectivity index (χ1n) is 8.73. The number of hydrogen-bond donors (Lipinski definition) is 1. The third-order valence-electron chi connectivity index (χ3n) is 4.77. The highest BCUT2D eigenvalue weighted by Crippen LogP contribution is 2.34. The van der Waals surface area contributed by atoms with Gasteiger partial charge in [-0.05, 0) is 54.8 Å². The molecule has 3 rings (SSSR count). The fourth-order valence-electron chi connectivity index (χ4n) is 3.52. The van der Waals surface area contributed by atoms with E-state index >= 15 is 0 Å². The number of anilines is 1. The highest BCUT2D eigenvalue weighted by atomic mass is 32.1. The molecule has 2 heterocycles. The van der Waals surface area contributed by atoms with Crippen molar-refractivity contribution in [1.82, 2.24) is 4.90 Å². The van der Waals surface area contributed by atoms with Crippen molar-refractivity contribution >= 4 is 22.9 Å². The average Bonchev–Trinajstić information content (AvgIpc) is 3.19. The van der Waals surface area contributed by atoms with Crippen LogP contribution in [0.1, 0.15) is 54.7 Å². The summed E-state index contributed by atoms with van der Waals surface area (Å²) >= 11 is 1.79. The van der Waals surface area contributed by atoms with Crippen molar-refractivity contribution in [3.8, 4) is 0 Å². The predicted molar refractivity (Wildman–Crippen MR) is 102 cm³/mol. The molecule has 4 heteroatoms. The number of rotatable bonds is 5. The van der Waals surface area contributed by atoms with Crippen LogP contribution in [0.25, 0.3) is 0 Å². The van der Waals surface area contributed by atoms with Crippen molar-refractivity contribution in [2.75, 3.05) is 18.4 Å². The fourth-order valence-corrected chi connectivity index (χ4v) is 4.42. The largest absolute Gasteiger partial charge is 0.324 e. The minimum Gasteiger partial charge on any atom is -0.324 e. The maximum atomic E-state index is 12.7. The summed E-state index contributed by atoms with van der Waals surface area (Å²) in [5.74, 6) is 0.487. The molecule has 1 saturated heterocycles. The molecule has 1 aliphatic rings. The van der Waals surface area contributed by atoms with E-state index in [-0.39, 0.29) is 5.91 Å². The molecule has 1 aliphatic heterocycles. The Hall–Kier alpha value is -1.65. The van der Waals surface area contributed by atoms with E-state index in [9.17, 15) is 4.79 Å². The number of benzene rings is 1. The lowest BCUT2D eigenvalue weighted by Gasteiger charge is -2.24. The normalized spacial score (nSPS) is 18.2. The Bertz CT molecular complexity index is 694. The molecule has 1 atom stereocenters. The van der Waals surface area contributed by atoms with E-state index in [4.69, 9.17) is 0 Å². The van der Waals surface area contributed by atoms with Crippen molar-refractivity contribution in [3.63, 3.8) is 0 Å². The molecule has 24 heavy (non-hydrogen) atoms. The molecular weight excluding hydrogens is 316 g/mol. The van der Waals surface area contributed by atoms with E-state index in [1.165, 1.54) is 10.4 Å². The molecule has 1 fully saturated rings. The number of nitrogens with one attached hydrogen (secondary N) is 1. The summed E-state index contributed by atoms with van der Waals surface area (Å²) in [6.45, 7) is 7.86. The zero-order chi connectivity index (χ0) is 17.1. The number of nitrogens with zero attached hydrogens (tertiary/aromatic N) is 1. The van der Waals surface area contributed by atoms with Gasteiger partial charge < -0.3 is 5.32 Å². The lowest BCUT2D eigenvalue weighted by molar-refractivity contribution is -0.117. The second-order valence-corrected chi connectivity index (χ2v) is 7.87. The summed E-state index contributed by atoms with van der Waals surface area (Å²) < 4.78 is 0. The van der Waals surface area contributed by atoms with Gasteiger partial charge in [0.2, 0.25) is 5.91 Å². The van der Waals surface area contributed by atoms with Crippen LogP contribution in [0.4, 0.5) is 5.69 Å². The molecular formula is C20H26N2OS. The summed E-state index contributed by atoms with van der Waals surface area (Å²) in [7, 11) is 0. The van der Waals surface area contributed by atoms with Gasteiger partial charge in [0, 0.05) is 16.6 Å². The first-order valence-corrected chi connectivity index (χ1v) is 9.61. The van der Waals surface area contributed by atoms with Crippen LogP contribution in [0, 0.1) is 6.92 Å². The van der Waals surface area contributed by atoms with E-state index in [0.29, 0.717) is 18.5 Å². The summed E-state index contributed by atoms with van der Waals surface area (Å²) in [6, 6.07) is 10.9. The molecule has 0 aliphatic carbocycles. The molecule has 3 nitrogen and oxygen atoms in total. The Labute approximate surface area is 148 Å². The van der Waals surface area contributed by atoms with Gasteiger partial charge in [0.1, 0.15) is 0 Å². The first kappa shape index (κ1) is 17.2. The fraction of sp³-hybridized carbons (Fsp3) is 0.450. The number of hydrogen-bond acceptors (Lipinski definition) is 3. The van der Waals surface area contributed by atoms with E-state index in [1.54, 1.807) is 11.3 Å². The van der Waals surface area contributed by atoms with Crippen LogP contribution in [-0.2, 0) is 4.79 Å². The van der Waals surface area contributed by atoms with Crippen molar-refractivity contribution in [1.29, 1.82) is 0 Å². The van der Waals surface area contributed by atoms with Gasteiger partial charge in [0.25, 0.3) is 0 Å². The molecule has 1 aromatic heterocycles. The summed E-state index contributed by atoms with van der Waals surface area (Å²) in [5, 5.41) is 5.29. The number of likely N-dealkylation sites (tertiary alicyclic amines) is 1. The first-order chi connectivity index (χ1) is 11.6. The maximum absolute atomic E-state index is 12.7. The van der Waals surface area contributed by atoms with Gasteiger partial charge in [-0.15, -0.1) is 11.3 Å². The third-order valence-corrected chi connectivity index (χ3v) is 5.75. The van der Waals surface area contributed by atoms with Gasteiger partial charge in [-0.25, -0.2) is 0 Å². The molecule has 1 N–H and O–H groups in total. The number of carbonyl (C=O) groups is 1. The quantitative estimate of drug-likeness (QED) is 0.833. The smallest absolute Gasteiger partial charge is 0.238 e. The molecule has 1 amide bonds. The van der Waals surface area contributed by atoms with Gasteiger partial charge in [-0.2, -0.15) is 0 Å². The van der Waals surface area contributed by atoms with Crippen LogP contribution in [-0.4, -0.2) is 23.9 Å². The molecule has 0 radical (unpaired) electrons. The van der Waals surface area contributed by atoms with Gasteiger partial charge in [0.15, 0.2) is 0 Å². The number of aryl methyl sites for hydroxylation is 1. The Balaban J connectivity index is 1.70. The number of thiophene rings is 1. The molecule has 0 bridgehead atoms. The average molecular weight is 343 g/mol. The van der Waals surface area contributed by atoms with Gasteiger partial charge >= 0.3 is 0 Å². The topological polar surface area (TPSA) is 32.3 Å². The SMILES string of the molecule is Cc1cccc(C(C)C)c1NC(=O)CN1CCC[C@H]1c1cccs1. The Morgan fingerprint density at radius 2 is 2.17 bits per heavy atom. The van der Waals surface area contributed by atoms with Gasteiger partial charge in [-0.3, -0.25) is 9.69 Å². The monoisotopic (exact) mass is 342 g/mol. The highest BCUT2D eigenvalue weighted by Gasteiger charge is 2.28. The molecule has 0 spiro atoms. The van der Waals surface area contributed by atoms with Crippen LogP contribution < -0.4 is 5.32 Å². The highest BCUT2D eigenvalue weighted by molar-refractivity contribution is 7.10. The van der Waals surface area contributed by atoms with Gasteiger partial charge in [-0.1, -0.05) is 38.1 Å². The second kappa shape index (κ2) is 7.49. The number of amides is 1. The predicted octanol–water partition coefficient (Wildman–Crippen LogP) is 4.96. The van der Waals surface area contributed by atoms with Crippen molar-refractivity contribution in [2.45, 2.75) is 45.6 Å². The van der Waals surface area contributed by atoms with Crippen LogP contribution in [0.15, 0.2) is 35.7 Å². The van der Waals surface area contributed by atoms with Crippen molar-refractivity contribution in [3.05, 3.63) is 51.7 Å². The number of para-hydroxylation sites is 1. The Morgan fingerprint density at radius 1 is 1.33 bits per heavy atom. The van der Waals surface area contributed by atoms with Crippen molar-refractivity contribution < 1.29 is 4.79 Å². The standard InChI is InChI=1S/C20H26N2OS/c1-14(2)16-8-4-7-15(3)20(16)21-19(23)13-22-11-5-9-17(22)18-10-6-12-24-18/h4,6-8,10,12,14,17H,5,9,11,13H2,1-3H3,(H,21,23)/t17-/m0/s1. The molecule has 1 aromatic carbocycles. The zero-order valence-corrected chi connectivity index (χ0v) is 15.5. The van der Waals surface area contributed by atoms with Crippen LogP contribution >= 0.6 is 11.3 Å². The Morgan fingerprint density at radius 3 is 2.88 bits per heavy atom. The van der Waals surface area contributed by atoms with E-state index in [2.05, 4.69) is 66.7 Å². The van der Waals surface area contributed by atoms with E-state index in [0.717, 1.165) is 30.6 Å². The van der Waals surface area contributed by atoms with E-state index < -0.39 is 0 Å². The van der Waals surface area contributed by atoms with Gasteiger partial charge in [0.05, 0.1) is 6.54 Å². The zero-order valence-electron chi connectivity index (χ0n) is 14.7. The summed E-state index contributed by atoms with van der Waals surface area (Å²) in [5.41, 5.74) is 3.33.